The van der Waals surface area contributed by atoms with Crippen molar-refractivity contribution in [1.82, 2.24) is 4.90 Å². The van der Waals surface area contributed by atoms with E-state index < -0.39 is 25.0 Å². The van der Waals surface area contributed by atoms with E-state index in [0.717, 1.165) is 10.4 Å². The zero-order valence-electron chi connectivity index (χ0n) is 19.8. The molecule has 1 unspecified atom stereocenters. The molecule has 0 aromatic heterocycles. The van der Waals surface area contributed by atoms with E-state index in [2.05, 4.69) is 13.8 Å². The molecule has 5 nitrogen and oxygen atoms in total. The van der Waals surface area contributed by atoms with Gasteiger partial charge in [-0.25, -0.2) is 9.69 Å². The highest BCUT2D eigenvalue weighted by Gasteiger charge is 2.50. The second-order valence-electron chi connectivity index (χ2n) is 10.3. The van der Waals surface area contributed by atoms with Crippen molar-refractivity contribution in [2.45, 2.75) is 77.0 Å². The van der Waals surface area contributed by atoms with E-state index >= 15 is 0 Å². The summed E-state index contributed by atoms with van der Waals surface area (Å²) in [6.07, 6.45) is 1.72. The smallest absolute Gasteiger partial charge is 0.417 e. The van der Waals surface area contributed by atoms with Crippen molar-refractivity contribution >= 4 is 30.7 Å². The second kappa shape index (κ2) is 9.20. The van der Waals surface area contributed by atoms with E-state index in [1.54, 1.807) is 20.8 Å². The van der Waals surface area contributed by atoms with Crippen LogP contribution in [-0.2, 0) is 9.53 Å². The number of carbonyl (C=O) groups is 2. The molecule has 2 aromatic rings. The van der Waals surface area contributed by atoms with E-state index in [1.807, 2.05) is 60.7 Å². The third-order valence-corrected chi connectivity index (χ3v) is 10.9. The van der Waals surface area contributed by atoms with E-state index in [4.69, 9.17) is 4.74 Å². The Labute approximate surface area is 192 Å². The number of hydrogen-bond donors (Lipinski definition) is 1. The standard InChI is InChI=1S/C26H35NO4Si/c1-25(2,3)31-24(29)27-20(16-17-23(27)28)18-19-26(4,5)32(30,21-12-8-6-9-13-21)22-14-10-7-11-15-22/h6-15,20,30H,16-19H2,1-5H3. The van der Waals surface area contributed by atoms with Gasteiger partial charge in [-0.05, 0) is 55.4 Å². The third-order valence-electron chi connectivity index (χ3n) is 6.38. The second-order valence-corrected chi connectivity index (χ2v) is 14.2. The van der Waals surface area contributed by atoms with Gasteiger partial charge in [0.05, 0.1) is 0 Å². The molecular weight excluding hydrogens is 418 g/mol. The number of rotatable bonds is 6. The molecule has 1 N–H and O–H groups in total. The number of ether oxygens (including phenoxy) is 1. The fourth-order valence-electron chi connectivity index (χ4n) is 4.59. The topological polar surface area (TPSA) is 66.8 Å². The van der Waals surface area contributed by atoms with Gasteiger partial charge in [0, 0.05) is 12.5 Å². The highest BCUT2D eigenvalue weighted by atomic mass is 28.4. The monoisotopic (exact) mass is 453 g/mol. The van der Waals surface area contributed by atoms with Crippen LogP contribution in [0.3, 0.4) is 0 Å². The first-order valence-electron chi connectivity index (χ1n) is 11.3. The highest BCUT2D eigenvalue weighted by Crippen LogP contribution is 2.41. The van der Waals surface area contributed by atoms with Gasteiger partial charge in [-0.15, -0.1) is 0 Å². The minimum Gasteiger partial charge on any atom is -0.443 e. The summed E-state index contributed by atoms with van der Waals surface area (Å²) in [5.41, 5.74) is -0.655. The van der Waals surface area contributed by atoms with Crippen molar-refractivity contribution in [3.63, 3.8) is 0 Å². The van der Waals surface area contributed by atoms with Gasteiger partial charge in [-0.2, -0.15) is 0 Å². The summed E-state index contributed by atoms with van der Waals surface area (Å²) in [5, 5.41) is 1.49. The molecular formula is C26H35NO4Si. The van der Waals surface area contributed by atoms with Crippen LogP contribution in [-0.4, -0.2) is 41.7 Å². The number of benzene rings is 2. The number of hydrogen-bond acceptors (Lipinski definition) is 4. The van der Waals surface area contributed by atoms with Crippen LogP contribution >= 0.6 is 0 Å². The van der Waals surface area contributed by atoms with Crippen LogP contribution in [0.25, 0.3) is 0 Å². The Balaban J connectivity index is 1.86. The average molecular weight is 454 g/mol. The Morgan fingerprint density at radius 2 is 1.50 bits per heavy atom. The van der Waals surface area contributed by atoms with Crippen LogP contribution in [0.2, 0.25) is 5.04 Å². The Morgan fingerprint density at radius 1 is 1.00 bits per heavy atom. The molecule has 1 atom stereocenters. The fourth-order valence-corrected chi connectivity index (χ4v) is 8.35. The lowest BCUT2D eigenvalue weighted by atomic mass is 10.0. The Morgan fingerprint density at radius 3 is 1.97 bits per heavy atom. The molecule has 2 amide bonds. The zero-order chi connectivity index (χ0) is 23.6. The van der Waals surface area contributed by atoms with Gasteiger partial charge in [0.15, 0.2) is 0 Å². The summed E-state index contributed by atoms with van der Waals surface area (Å²) in [7, 11) is -3.13. The number of amides is 2. The molecule has 2 aromatic carbocycles. The van der Waals surface area contributed by atoms with E-state index in [-0.39, 0.29) is 11.9 Å². The molecule has 1 heterocycles. The van der Waals surface area contributed by atoms with E-state index in [0.29, 0.717) is 25.7 Å². The Kier molecular flexibility index (Phi) is 6.96. The molecule has 1 saturated heterocycles. The lowest BCUT2D eigenvalue weighted by molar-refractivity contribution is -0.128. The van der Waals surface area contributed by atoms with Gasteiger partial charge in [0.2, 0.25) is 5.91 Å². The SMILES string of the molecule is CC(C)(C)OC(=O)N1C(=O)CCC1CCC(C)(C)[Si](O)(c1ccccc1)c1ccccc1. The number of likely N-dealkylation sites (tertiary alicyclic amines) is 1. The molecule has 1 aliphatic rings. The van der Waals surface area contributed by atoms with Crippen LogP contribution in [0.5, 0.6) is 0 Å². The lowest BCUT2D eigenvalue weighted by Crippen LogP contribution is -2.65. The van der Waals surface area contributed by atoms with Crippen LogP contribution in [0.1, 0.15) is 60.3 Å². The Bertz CT molecular complexity index is 898. The van der Waals surface area contributed by atoms with Gasteiger partial charge in [-0.1, -0.05) is 74.5 Å². The normalized spacial score (nSPS) is 17.5. The minimum atomic E-state index is -3.13. The molecule has 32 heavy (non-hydrogen) atoms. The summed E-state index contributed by atoms with van der Waals surface area (Å²) >= 11 is 0. The zero-order valence-corrected chi connectivity index (χ0v) is 20.8. The molecule has 3 rings (SSSR count). The predicted molar refractivity (Wildman–Crippen MR) is 130 cm³/mol. The summed E-state index contributed by atoms with van der Waals surface area (Å²) < 4.78 is 5.49. The van der Waals surface area contributed by atoms with Crippen LogP contribution < -0.4 is 10.4 Å². The number of imide groups is 1. The molecule has 172 valence electrons. The van der Waals surface area contributed by atoms with Gasteiger partial charge >= 0.3 is 6.09 Å². The summed E-state index contributed by atoms with van der Waals surface area (Å²) in [4.78, 5) is 38.7. The van der Waals surface area contributed by atoms with Crippen molar-refractivity contribution < 1.29 is 19.1 Å². The third kappa shape index (κ3) is 4.97. The maximum atomic E-state index is 12.7. The quantitative estimate of drug-likeness (QED) is 0.665. The molecule has 6 heteroatoms. The van der Waals surface area contributed by atoms with Crippen molar-refractivity contribution in [3.05, 3.63) is 60.7 Å². The molecule has 0 radical (unpaired) electrons. The fraction of sp³-hybridized carbons (Fsp3) is 0.462. The summed E-state index contributed by atoms with van der Waals surface area (Å²) in [5.74, 6) is -0.180. The molecule has 0 saturated carbocycles. The van der Waals surface area contributed by atoms with Gasteiger partial charge in [-0.3, -0.25) is 4.79 Å². The van der Waals surface area contributed by atoms with Crippen molar-refractivity contribution in [2.24, 2.45) is 0 Å². The van der Waals surface area contributed by atoms with Crippen molar-refractivity contribution in [2.75, 3.05) is 0 Å². The summed E-state index contributed by atoms with van der Waals surface area (Å²) in [6.45, 7) is 9.61. The first-order chi connectivity index (χ1) is 15.0. The highest BCUT2D eigenvalue weighted by molar-refractivity contribution is 6.98. The van der Waals surface area contributed by atoms with Crippen LogP contribution in [0.15, 0.2) is 60.7 Å². The molecule has 0 aliphatic carbocycles. The Hall–Kier alpha value is -2.44. The van der Waals surface area contributed by atoms with Gasteiger partial charge < -0.3 is 9.53 Å². The lowest BCUT2D eigenvalue weighted by Gasteiger charge is -2.42. The largest absolute Gasteiger partial charge is 0.443 e. The molecule has 0 bridgehead atoms. The van der Waals surface area contributed by atoms with Crippen LogP contribution in [0, 0.1) is 0 Å². The summed E-state index contributed by atoms with van der Waals surface area (Å²) in [6, 6.07) is 19.6. The maximum Gasteiger partial charge on any atom is 0.417 e. The minimum absolute atomic E-state index is 0.180. The van der Waals surface area contributed by atoms with Crippen molar-refractivity contribution in [3.8, 4) is 0 Å². The molecule has 1 aliphatic heterocycles. The number of carbonyl (C=O) groups excluding carboxylic acids is 2. The van der Waals surface area contributed by atoms with Gasteiger partial charge in [0.25, 0.3) is 8.32 Å². The average Bonchev–Trinajstić information content (AvgIpc) is 3.12. The van der Waals surface area contributed by atoms with E-state index in [9.17, 15) is 14.4 Å². The van der Waals surface area contributed by atoms with Crippen molar-refractivity contribution in [1.29, 1.82) is 0 Å². The first-order valence-corrected chi connectivity index (χ1v) is 13.3. The molecule has 1 fully saturated rings. The number of nitrogens with zero attached hydrogens (tertiary/aromatic N) is 1. The van der Waals surface area contributed by atoms with Gasteiger partial charge in [0.1, 0.15) is 5.60 Å². The predicted octanol–water partition coefficient (Wildman–Crippen LogP) is 4.23. The maximum absolute atomic E-state index is 12.7. The van der Waals surface area contributed by atoms with E-state index in [1.165, 1.54) is 4.90 Å². The van der Waals surface area contributed by atoms with Crippen LogP contribution in [0.4, 0.5) is 4.79 Å². The first kappa shape index (κ1) is 24.2. The molecule has 0 spiro atoms.